The van der Waals surface area contributed by atoms with E-state index < -0.39 is 18.6 Å². The average molecular weight is 380 g/mol. The first kappa shape index (κ1) is 18.5. The third kappa shape index (κ3) is 3.46. The SMILES string of the molecule is O=C(O)CNC(=O)C1CC2CCCCC2N1C(=O)c1ccc2ccccc2c1. The van der Waals surface area contributed by atoms with E-state index in [1.807, 2.05) is 42.5 Å². The molecule has 1 saturated carbocycles. The molecule has 2 aromatic rings. The number of aliphatic carboxylic acids is 1. The van der Waals surface area contributed by atoms with Gasteiger partial charge in [0.2, 0.25) is 5.91 Å². The summed E-state index contributed by atoms with van der Waals surface area (Å²) in [5, 5.41) is 13.4. The molecule has 2 amide bonds. The lowest BCUT2D eigenvalue weighted by Gasteiger charge is -2.33. The molecule has 0 radical (unpaired) electrons. The Balaban J connectivity index is 1.64. The number of hydrogen-bond acceptors (Lipinski definition) is 3. The molecule has 28 heavy (non-hydrogen) atoms. The van der Waals surface area contributed by atoms with E-state index in [0.717, 1.165) is 36.5 Å². The molecule has 1 saturated heterocycles. The van der Waals surface area contributed by atoms with Gasteiger partial charge in [-0.3, -0.25) is 14.4 Å². The molecule has 6 heteroatoms. The Morgan fingerprint density at radius 3 is 2.57 bits per heavy atom. The van der Waals surface area contributed by atoms with Crippen LogP contribution in [0.5, 0.6) is 0 Å². The standard InChI is InChI=1S/C22H24N2O4/c25-20(26)13-23-21(27)19-12-16-7-3-4-8-18(16)24(19)22(28)17-10-9-14-5-1-2-6-15(14)11-17/h1-2,5-6,9-11,16,18-19H,3-4,7-8,12-13H2,(H,23,27)(H,25,26). The van der Waals surface area contributed by atoms with Crippen LogP contribution in [0.2, 0.25) is 0 Å². The molecule has 0 spiro atoms. The molecule has 2 aliphatic rings. The van der Waals surface area contributed by atoms with E-state index in [9.17, 15) is 14.4 Å². The van der Waals surface area contributed by atoms with Crippen molar-refractivity contribution in [2.45, 2.75) is 44.2 Å². The third-order valence-electron chi connectivity index (χ3n) is 6.04. The first-order valence-electron chi connectivity index (χ1n) is 9.85. The van der Waals surface area contributed by atoms with Crippen molar-refractivity contribution in [2.24, 2.45) is 5.92 Å². The van der Waals surface area contributed by atoms with E-state index in [2.05, 4.69) is 5.32 Å². The molecule has 2 aromatic carbocycles. The first-order chi connectivity index (χ1) is 13.5. The molecule has 146 valence electrons. The molecule has 0 aromatic heterocycles. The summed E-state index contributed by atoms with van der Waals surface area (Å²) in [6.07, 6.45) is 4.67. The number of nitrogens with zero attached hydrogens (tertiary/aromatic N) is 1. The van der Waals surface area contributed by atoms with Gasteiger partial charge < -0.3 is 15.3 Å². The Hall–Kier alpha value is -2.89. The van der Waals surface area contributed by atoms with Gasteiger partial charge in [-0.15, -0.1) is 0 Å². The van der Waals surface area contributed by atoms with Gasteiger partial charge in [0.25, 0.3) is 5.91 Å². The fraction of sp³-hybridized carbons (Fsp3) is 0.409. The number of amides is 2. The Labute approximate surface area is 163 Å². The molecule has 4 rings (SSSR count). The van der Waals surface area contributed by atoms with Gasteiger partial charge in [0, 0.05) is 11.6 Å². The number of hydrogen-bond donors (Lipinski definition) is 2. The molecule has 2 N–H and O–H groups in total. The van der Waals surface area contributed by atoms with Crippen LogP contribution in [-0.2, 0) is 9.59 Å². The summed E-state index contributed by atoms with van der Waals surface area (Å²) in [5.41, 5.74) is 0.570. The second kappa shape index (κ2) is 7.62. The number of nitrogens with one attached hydrogen (secondary N) is 1. The highest BCUT2D eigenvalue weighted by atomic mass is 16.4. The van der Waals surface area contributed by atoms with Crippen molar-refractivity contribution < 1.29 is 19.5 Å². The predicted octanol–water partition coefficient (Wildman–Crippen LogP) is 2.81. The fourth-order valence-electron chi connectivity index (χ4n) is 4.74. The number of carbonyl (C=O) groups is 3. The monoisotopic (exact) mass is 380 g/mol. The zero-order chi connectivity index (χ0) is 19.7. The van der Waals surface area contributed by atoms with Gasteiger partial charge in [0.05, 0.1) is 0 Å². The van der Waals surface area contributed by atoms with Crippen LogP contribution in [-0.4, -0.2) is 46.4 Å². The smallest absolute Gasteiger partial charge is 0.322 e. The number of carboxylic acid groups (broad SMARTS) is 1. The lowest BCUT2D eigenvalue weighted by Crippen LogP contribution is -2.50. The zero-order valence-electron chi connectivity index (χ0n) is 15.6. The highest BCUT2D eigenvalue weighted by Crippen LogP contribution is 2.40. The maximum atomic E-state index is 13.4. The van der Waals surface area contributed by atoms with Gasteiger partial charge in [0.15, 0.2) is 0 Å². The molecule has 0 bridgehead atoms. The van der Waals surface area contributed by atoms with Gasteiger partial charge in [-0.05, 0) is 48.1 Å². The molecular weight excluding hydrogens is 356 g/mol. The second-order valence-corrected chi connectivity index (χ2v) is 7.75. The van der Waals surface area contributed by atoms with Crippen molar-refractivity contribution in [2.75, 3.05) is 6.54 Å². The van der Waals surface area contributed by atoms with Crippen molar-refractivity contribution in [1.29, 1.82) is 0 Å². The van der Waals surface area contributed by atoms with Gasteiger partial charge in [0.1, 0.15) is 12.6 Å². The van der Waals surface area contributed by atoms with E-state index in [1.54, 1.807) is 4.90 Å². The summed E-state index contributed by atoms with van der Waals surface area (Å²) in [4.78, 5) is 38.7. The highest BCUT2D eigenvalue weighted by molar-refractivity contribution is 6.01. The Kier molecular flexibility index (Phi) is 5.03. The number of carbonyl (C=O) groups excluding carboxylic acids is 2. The molecule has 1 heterocycles. The molecule has 3 unspecified atom stereocenters. The van der Waals surface area contributed by atoms with Crippen molar-refractivity contribution in [3.8, 4) is 0 Å². The van der Waals surface area contributed by atoms with E-state index >= 15 is 0 Å². The van der Waals surface area contributed by atoms with Gasteiger partial charge in [-0.2, -0.15) is 0 Å². The van der Waals surface area contributed by atoms with E-state index in [-0.39, 0.29) is 17.9 Å². The summed E-state index contributed by atoms with van der Waals surface area (Å²) < 4.78 is 0. The minimum Gasteiger partial charge on any atom is -0.480 e. The fourth-order valence-corrected chi connectivity index (χ4v) is 4.74. The van der Waals surface area contributed by atoms with Crippen molar-refractivity contribution in [3.05, 3.63) is 48.0 Å². The van der Waals surface area contributed by atoms with Crippen LogP contribution in [0.25, 0.3) is 10.8 Å². The molecule has 3 atom stereocenters. The van der Waals surface area contributed by atoms with E-state index in [4.69, 9.17) is 5.11 Å². The molecular formula is C22H24N2O4. The number of benzene rings is 2. The summed E-state index contributed by atoms with van der Waals surface area (Å²) in [5.74, 6) is -1.29. The number of likely N-dealkylation sites (tertiary alicyclic amines) is 1. The average Bonchev–Trinajstić information content (AvgIpc) is 3.10. The van der Waals surface area contributed by atoms with Gasteiger partial charge in [-0.1, -0.05) is 43.2 Å². The number of fused-ring (bicyclic) bond motifs is 2. The largest absolute Gasteiger partial charge is 0.480 e. The summed E-state index contributed by atoms with van der Waals surface area (Å²) >= 11 is 0. The highest BCUT2D eigenvalue weighted by Gasteiger charge is 2.47. The van der Waals surface area contributed by atoms with Crippen molar-refractivity contribution >= 4 is 28.6 Å². The van der Waals surface area contributed by atoms with Crippen molar-refractivity contribution in [1.82, 2.24) is 10.2 Å². The Bertz CT molecular complexity index is 926. The van der Waals surface area contributed by atoms with Gasteiger partial charge in [-0.25, -0.2) is 0 Å². The molecule has 1 aliphatic carbocycles. The third-order valence-corrected chi connectivity index (χ3v) is 6.04. The van der Waals surface area contributed by atoms with Crippen LogP contribution >= 0.6 is 0 Å². The normalized spacial score (nSPS) is 24.0. The van der Waals surface area contributed by atoms with Crippen LogP contribution < -0.4 is 5.32 Å². The second-order valence-electron chi connectivity index (χ2n) is 7.75. The van der Waals surface area contributed by atoms with E-state index in [1.165, 1.54) is 0 Å². The lowest BCUT2D eigenvalue weighted by atomic mass is 9.84. The Morgan fingerprint density at radius 1 is 1.04 bits per heavy atom. The van der Waals surface area contributed by atoms with Crippen LogP contribution in [0, 0.1) is 5.92 Å². The number of carboxylic acids is 1. The maximum absolute atomic E-state index is 13.4. The molecule has 6 nitrogen and oxygen atoms in total. The van der Waals surface area contributed by atoms with Crippen LogP contribution in [0.15, 0.2) is 42.5 Å². The zero-order valence-corrected chi connectivity index (χ0v) is 15.6. The van der Waals surface area contributed by atoms with Crippen molar-refractivity contribution in [3.63, 3.8) is 0 Å². The van der Waals surface area contributed by atoms with Crippen LogP contribution in [0.1, 0.15) is 42.5 Å². The van der Waals surface area contributed by atoms with Gasteiger partial charge >= 0.3 is 5.97 Å². The Morgan fingerprint density at radius 2 is 1.79 bits per heavy atom. The summed E-state index contributed by atoms with van der Waals surface area (Å²) in [6, 6.07) is 12.9. The predicted molar refractivity (Wildman–Crippen MR) is 105 cm³/mol. The lowest BCUT2D eigenvalue weighted by molar-refractivity contribution is -0.138. The molecule has 1 aliphatic heterocycles. The quantitative estimate of drug-likeness (QED) is 0.854. The molecule has 2 fully saturated rings. The first-order valence-corrected chi connectivity index (χ1v) is 9.85. The summed E-state index contributed by atoms with van der Waals surface area (Å²) in [6.45, 7) is -0.428. The maximum Gasteiger partial charge on any atom is 0.322 e. The minimum atomic E-state index is -1.09. The van der Waals surface area contributed by atoms with Crippen LogP contribution in [0.4, 0.5) is 0 Å². The van der Waals surface area contributed by atoms with E-state index in [0.29, 0.717) is 17.9 Å². The minimum absolute atomic E-state index is 0.0494. The number of rotatable bonds is 4. The van der Waals surface area contributed by atoms with Crippen LogP contribution in [0.3, 0.4) is 0 Å². The topological polar surface area (TPSA) is 86.7 Å². The summed E-state index contributed by atoms with van der Waals surface area (Å²) in [7, 11) is 0.